The first-order chi connectivity index (χ1) is 6.94. The Kier molecular flexibility index (Phi) is 4.18. The summed E-state index contributed by atoms with van der Waals surface area (Å²) in [6, 6.07) is 0. The molecule has 0 heterocycles. The molecule has 0 N–H and O–H groups in total. The molecule has 0 aromatic heterocycles. The van der Waals surface area contributed by atoms with Crippen molar-refractivity contribution in [3.05, 3.63) is 0 Å². The van der Waals surface area contributed by atoms with Crippen LogP contribution in [0.5, 0.6) is 0 Å². The fourth-order valence-corrected chi connectivity index (χ4v) is 2.08. The van der Waals surface area contributed by atoms with Gasteiger partial charge in [0.15, 0.2) is 0 Å². The second-order valence-electron chi connectivity index (χ2n) is 5.50. The predicted molar refractivity (Wildman–Crippen MR) is 61.6 cm³/mol. The zero-order valence-electron chi connectivity index (χ0n) is 10.5. The van der Waals surface area contributed by atoms with Gasteiger partial charge in [0.2, 0.25) is 0 Å². The summed E-state index contributed by atoms with van der Waals surface area (Å²) < 4.78 is 5.54. The molecule has 0 bridgehead atoms. The third-order valence-electron chi connectivity index (χ3n) is 3.50. The summed E-state index contributed by atoms with van der Waals surface area (Å²) in [5.74, 6) is 0.856. The number of hydrogen-bond acceptors (Lipinski definition) is 2. The van der Waals surface area contributed by atoms with Crippen LogP contribution < -0.4 is 0 Å². The number of ether oxygens (including phenoxy) is 1. The van der Waals surface area contributed by atoms with Crippen molar-refractivity contribution in [1.29, 1.82) is 0 Å². The van der Waals surface area contributed by atoms with Gasteiger partial charge in [-0.2, -0.15) is 0 Å². The van der Waals surface area contributed by atoms with Crippen LogP contribution in [0.1, 0.15) is 59.8 Å². The quantitative estimate of drug-likeness (QED) is 0.669. The first-order valence-corrected chi connectivity index (χ1v) is 6.17. The maximum Gasteiger partial charge on any atom is 0.309 e. The maximum absolute atomic E-state index is 11.9. The van der Waals surface area contributed by atoms with Gasteiger partial charge in [-0.15, -0.1) is 0 Å². The fraction of sp³-hybridized carbons (Fsp3) is 0.923. The maximum atomic E-state index is 11.9. The summed E-state index contributed by atoms with van der Waals surface area (Å²) in [5, 5.41) is 0. The third kappa shape index (κ3) is 3.84. The van der Waals surface area contributed by atoms with Crippen LogP contribution in [-0.2, 0) is 9.53 Å². The van der Waals surface area contributed by atoms with Crippen LogP contribution in [0.4, 0.5) is 0 Å². The van der Waals surface area contributed by atoms with Crippen molar-refractivity contribution in [3.63, 3.8) is 0 Å². The van der Waals surface area contributed by atoms with Gasteiger partial charge in [-0.1, -0.05) is 26.7 Å². The molecule has 1 rings (SSSR count). The summed E-state index contributed by atoms with van der Waals surface area (Å²) >= 11 is 0. The Labute approximate surface area is 93.4 Å². The summed E-state index contributed by atoms with van der Waals surface area (Å²) in [6.07, 6.45) is 5.34. The lowest BCUT2D eigenvalue weighted by atomic mass is 9.82. The van der Waals surface area contributed by atoms with Gasteiger partial charge >= 0.3 is 5.97 Å². The molecule has 1 fully saturated rings. The Balaban J connectivity index is 2.46. The van der Waals surface area contributed by atoms with E-state index in [1.807, 2.05) is 13.8 Å². The fourth-order valence-electron chi connectivity index (χ4n) is 2.08. The SMILES string of the molecule is CCC(C)(C)OC(=O)C1CCCC(C)C1. The van der Waals surface area contributed by atoms with Gasteiger partial charge in [0, 0.05) is 0 Å². The molecule has 1 aliphatic carbocycles. The number of rotatable bonds is 3. The summed E-state index contributed by atoms with van der Waals surface area (Å²) in [5.41, 5.74) is -0.294. The largest absolute Gasteiger partial charge is 0.459 e. The molecule has 0 aliphatic heterocycles. The van der Waals surface area contributed by atoms with E-state index in [1.165, 1.54) is 12.8 Å². The number of hydrogen-bond donors (Lipinski definition) is 0. The zero-order chi connectivity index (χ0) is 11.5. The highest BCUT2D eigenvalue weighted by Crippen LogP contribution is 2.30. The summed E-state index contributed by atoms with van der Waals surface area (Å²) in [6.45, 7) is 8.25. The van der Waals surface area contributed by atoms with Crippen molar-refractivity contribution >= 4 is 5.97 Å². The van der Waals surface area contributed by atoms with E-state index >= 15 is 0 Å². The molecule has 88 valence electrons. The monoisotopic (exact) mass is 212 g/mol. The lowest BCUT2D eigenvalue weighted by Crippen LogP contribution is -2.32. The average molecular weight is 212 g/mol. The molecular formula is C13H24O2. The van der Waals surface area contributed by atoms with Gasteiger partial charge in [0.05, 0.1) is 5.92 Å². The van der Waals surface area contributed by atoms with E-state index in [0.29, 0.717) is 5.92 Å². The highest BCUT2D eigenvalue weighted by Gasteiger charge is 2.30. The Morgan fingerprint density at radius 2 is 2.07 bits per heavy atom. The van der Waals surface area contributed by atoms with Gasteiger partial charge in [-0.3, -0.25) is 4.79 Å². The first-order valence-electron chi connectivity index (χ1n) is 6.17. The second-order valence-corrected chi connectivity index (χ2v) is 5.50. The van der Waals surface area contributed by atoms with Crippen LogP contribution in [0, 0.1) is 11.8 Å². The number of esters is 1. The highest BCUT2D eigenvalue weighted by molar-refractivity contribution is 5.73. The van der Waals surface area contributed by atoms with Crippen LogP contribution in [0.25, 0.3) is 0 Å². The minimum Gasteiger partial charge on any atom is -0.459 e. The number of carbonyl (C=O) groups is 1. The minimum absolute atomic E-state index is 0.0217. The first kappa shape index (κ1) is 12.5. The molecule has 2 heteroatoms. The molecule has 2 unspecified atom stereocenters. The van der Waals surface area contributed by atoms with Crippen molar-refractivity contribution in [2.75, 3.05) is 0 Å². The standard InChI is InChI=1S/C13H24O2/c1-5-13(3,4)15-12(14)11-8-6-7-10(2)9-11/h10-11H,5-9H2,1-4H3. The third-order valence-corrected chi connectivity index (χ3v) is 3.50. The van der Waals surface area contributed by atoms with Crippen LogP contribution in [0.15, 0.2) is 0 Å². The highest BCUT2D eigenvalue weighted by atomic mass is 16.6. The van der Waals surface area contributed by atoms with Crippen molar-refractivity contribution in [1.82, 2.24) is 0 Å². The van der Waals surface area contributed by atoms with Gasteiger partial charge in [0.1, 0.15) is 5.60 Å². The Hall–Kier alpha value is -0.530. The second kappa shape index (κ2) is 5.00. The van der Waals surface area contributed by atoms with Crippen molar-refractivity contribution in [2.45, 2.75) is 65.4 Å². The minimum atomic E-state index is -0.294. The molecule has 0 spiro atoms. The summed E-state index contributed by atoms with van der Waals surface area (Å²) in [7, 11) is 0. The van der Waals surface area contributed by atoms with E-state index in [2.05, 4.69) is 13.8 Å². The molecule has 0 saturated heterocycles. The van der Waals surface area contributed by atoms with Gasteiger partial charge in [-0.25, -0.2) is 0 Å². The molecule has 15 heavy (non-hydrogen) atoms. The van der Waals surface area contributed by atoms with Crippen LogP contribution in [-0.4, -0.2) is 11.6 Å². The lowest BCUT2D eigenvalue weighted by molar-refractivity contribution is -0.163. The topological polar surface area (TPSA) is 26.3 Å². The molecule has 1 aliphatic rings. The smallest absolute Gasteiger partial charge is 0.309 e. The molecule has 1 saturated carbocycles. The van der Waals surface area contributed by atoms with Crippen molar-refractivity contribution < 1.29 is 9.53 Å². The zero-order valence-corrected chi connectivity index (χ0v) is 10.5. The average Bonchev–Trinajstić information content (AvgIpc) is 2.17. The predicted octanol–water partition coefficient (Wildman–Crippen LogP) is 3.54. The summed E-state index contributed by atoms with van der Waals surface area (Å²) in [4.78, 5) is 11.9. The molecular weight excluding hydrogens is 188 g/mol. The van der Waals surface area contributed by atoms with Crippen LogP contribution in [0.2, 0.25) is 0 Å². The molecule has 0 aromatic carbocycles. The Morgan fingerprint density at radius 1 is 1.40 bits per heavy atom. The van der Waals surface area contributed by atoms with Gasteiger partial charge in [-0.05, 0) is 39.0 Å². The van der Waals surface area contributed by atoms with Gasteiger partial charge in [0.25, 0.3) is 0 Å². The van der Waals surface area contributed by atoms with Crippen molar-refractivity contribution in [3.8, 4) is 0 Å². The molecule has 0 amide bonds. The molecule has 2 nitrogen and oxygen atoms in total. The van der Waals surface area contributed by atoms with E-state index in [1.54, 1.807) is 0 Å². The molecule has 0 radical (unpaired) electrons. The Morgan fingerprint density at radius 3 is 2.60 bits per heavy atom. The normalized spacial score (nSPS) is 27.5. The van der Waals surface area contributed by atoms with E-state index in [4.69, 9.17) is 4.74 Å². The van der Waals surface area contributed by atoms with Crippen LogP contribution >= 0.6 is 0 Å². The van der Waals surface area contributed by atoms with E-state index in [-0.39, 0.29) is 17.5 Å². The number of carbonyl (C=O) groups excluding carboxylic acids is 1. The van der Waals surface area contributed by atoms with E-state index in [0.717, 1.165) is 19.3 Å². The van der Waals surface area contributed by atoms with E-state index in [9.17, 15) is 4.79 Å². The Bertz CT molecular complexity index is 221. The molecule has 2 atom stereocenters. The van der Waals surface area contributed by atoms with E-state index < -0.39 is 0 Å². The lowest BCUT2D eigenvalue weighted by Gasteiger charge is -2.30. The molecule has 0 aromatic rings. The van der Waals surface area contributed by atoms with Crippen LogP contribution in [0.3, 0.4) is 0 Å². The van der Waals surface area contributed by atoms with Crippen molar-refractivity contribution in [2.24, 2.45) is 11.8 Å². The van der Waals surface area contributed by atoms with Gasteiger partial charge < -0.3 is 4.74 Å².